The summed E-state index contributed by atoms with van der Waals surface area (Å²) in [5.74, 6) is 0. The van der Waals surface area contributed by atoms with E-state index in [-0.39, 0.29) is 12.1 Å². The van der Waals surface area contributed by atoms with Gasteiger partial charge in [-0.25, -0.2) is 9.78 Å². The molecule has 1 aromatic heterocycles. The lowest BCUT2D eigenvalue weighted by Crippen LogP contribution is -2.46. The number of pyridine rings is 1. The van der Waals surface area contributed by atoms with E-state index in [1.807, 2.05) is 37.8 Å². The number of carbonyl (C=O) groups is 1. The molecule has 3 rings (SSSR count). The van der Waals surface area contributed by atoms with Crippen LogP contribution in [0, 0.1) is 0 Å². The van der Waals surface area contributed by atoms with Crippen molar-refractivity contribution in [1.82, 2.24) is 9.88 Å². The normalized spacial score (nSPS) is 16.7. The molecule has 1 unspecified atom stereocenters. The number of aromatic nitrogens is 1. The summed E-state index contributed by atoms with van der Waals surface area (Å²) in [7, 11) is 0. The monoisotopic (exact) mass is 386 g/mol. The van der Waals surface area contributed by atoms with E-state index in [2.05, 4.69) is 29.2 Å². The highest BCUT2D eigenvalue weighted by Gasteiger charge is 2.33. The van der Waals surface area contributed by atoms with Crippen molar-refractivity contribution < 1.29 is 9.53 Å². The van der Waals surface area contributed by atoms with Gasteiger partial charge in [-0.2, -0.15) is 0 Å². The van der Waals surface area contributed by atoms with E-state index in [1.165, 1.54) is 5.56 Å². The zero-order valence-corrected chi connectivity index (χ0v) is 17.0. The van der Waals surface area contributed by atoms with Crippen LogP contribution in [0.15, 0.2) is 42.5 Å². The minimum atomic E-state index is -0.510. The first-order chi connectivity index (χ1) is 12.8. The highest BCUT2D eigenvalue weighted by molar-refractivity contribution is 6.29. The van der Waals surface area contributed by atoms with Crippen molar-refractivity contribution in [2.45, 2.75) is 64.6 Å². The molecule has 5 heteroatoms. The maximum atomic E-state index is 12.8. The maximum absolute atomic E-state index is 12.8. The molecule has 0 spiro atoms. The Bertz CT molecular complexity index is 787. The number of aryl methyl sites for hydroxylation is 1. The van der Waals surface area contributed by atoms with Gasteiger partial charge in [0.05, 0.1) is 6.54 Å². The number of carbonyl (C=O) groups excluding carboxylic acids is 1. The molecule has 1 aliphatic rings. The number of rotatable bonds is 4. The summed E-state index contributed by atoms with van der Waals surface area (Å²) >= 11 is 6.08. The SMILES string of the molecule is CC(C)(C)OC(=O)N1Cc2ccc(Cl)nc2CC1CCCc1ccccc1. The molecule has 4 nitrogen and oxygen atoms in total. The number of hydrogen-bond donors (Lipinski definition) is 0. The summed E-state index contributed by atoms with van der Waals surface area (Å²) in [5, 5.41) is 0.502. The van der Waals surface area contributed by atoms with Crippen LogP contribution in [0.5, 0.6) is 0 Å². The number of fused-ring (bicyclic) bond motifs is 1. The number of hydrogen-bond acceptors (Lipinski definition) is 3. The van der Waals surface area contributed by atoms with E-state index >= 15 is 0 Å². The average Bonchev–Trinajstić information content (AvgIpc) is 2.60. The Balaban J connectivity index is 1.73. The second-order valence-electron chi connectivity index (χ2n) is 8.08. The van der Waals surface area contributed by atoms with Crippen LogP contribution in [-0.4, -0.2) is 27.6 Å². The number of amides is 1. The largest absolute Gasteiger partial charge is 0.444 e. The minimum Gasteiger partial charge on any atom is -0.444 e. The van der Waals surface area contributed by atoms with E-state index in [0.717, 1.165) is 30.5 Å². The molecular weight excluding hydrogens is 360 g/mol. The molecule has 1 atom stereocenters. The molecule has 0 aliphatic carbocycles. The molecule has 0 radical (unpaired) electrons. The van der Waals surface area contributed by atoms with E-state index in [9.17, 15) is 4.79 Å². The fourth-order valence-electron chi connectivity index (χ4n) is 3.45. The predicted molar refractivity (Wildman–Crippen MR) is 108 cm³/mol. The van der Waals surface area contributed by atoms with Crippen LogP contribution in [0.25, 0.3) is 0 Å². The zero-order chi connectivity index (χ0) is 19.4. The van der Waals surface area contributed by atoms with Crippen LogP contribution < -0.4 is 0 Å². The van der Waals surface area contributed by atoms with Crippen LogP contribution in [0.3, 0.4) is 0 Å². The Labute approximate surface area is 166 Å². The van der Waals surface area contributed by atoms with Crippen LogP contribution in [-0.2, 0) is 24.1 Å². The average molecular weight is 387 g/mol. The molecule has 0 saturated heterocycles. The van der Waals surface area contributed by atoms with Crippen molar-refractivity contribution in [2.75, 3.05) is 0 Å². The van der Waals surface area contributed by atoms with Gasteiger partial charge in [-0.15, -0.1) is 0 Å². The lowest BCUT2D eigenvalue weighted by atomic mass is 9.94. The Hall–Kier alpha value is -2.07. The molecule has 27 heavy (non-hydrogen) atoms. The standard InChI is InChI=1S/C22H27ClN2O2/c1-22(2,3)27-21(26)25-15-17-12-13-20(23)24-19(17)14-18(25)11-7-10-16-8-5-4-6-9-16/h4-6,8-9,12-13,18H,7,10-11,14-15H2,1-3H3. The molecule has 0 fully saturated rings. The molecule has 1 aliphatic heterocycles. The van der Waals surface area contributed by atoms with Crippen molar-refractivity contribution in [1.29, 1.82) is 0 Å². The fourth-order valence-corrected chi connectivity index (χ4v) is 3.61. The van der Waals surface area contributed by atoms with Crippen LogP contribution >= 0.6 is 11.6 Å². The Morgan fingerprint density at radius 3 is 2.67 bits per heavy atom. The molecule has 2 heterocycles. The summed E-state index contributed by atoms with van der Waals surface area (Å²) in [6.07, 6.45) is 3.36. The van der Waals surface area contributed by atoms with E-state index < -0.39 is 5.60 Å². The Morgan fingerprint density at radius 2 is 1.96 bits per heavy atom. The quantitative estimate of drug-likeness (QED) is 0.659. The van der Waals surface area contributed by atoms with E-state index in [1.54, 1.807) is 6.07 Å². The van der Waals surface area contributed by atoms with E-state index in [4.69, 9.17) is 16.3 Å². The van der Waals surface area contributed by atoms with Crippen LogP contribution in [0.1, 0.15) is 50.4 Å². The Morgan fingerprint density at radius 1 is 1.22 bits per heavy atom. The van der Waals surface area contributed by atoms with Gasteiger partial charge in [0.2, 0.25) is 0 Å². The second kappa shape index (κ2) is 8.30. The first-order valence-corrected chi connectivity index (χ1v) is 9.87. The van der Waals surface area contributed by atoms with Crippen molar-refractivity contribution >= 4 is 17.7 Å². The first-order valence-electron chi connectivity index (χ1n) is 9.50. The number of benzene rings is 1. The predicted octanol–water partition coefficient (Wildman–Crippen LogP) is 5.42. The molecule has 1 aromatic carbocycles. The lowest BCUT2D eigenvalue weighted by molar-refractivity contribution is 0.0106. The molecule has 1 amide bonds. The summed E-state index contributed by atoms with van der Waals surface area (Å²) < 4.78 is 5.65. The van der Waals surface area contributed by atoms with Crippen molar-refractivity contribution in [3.63, 3.8) is 0 Å². The minimum absolute atomic E-state index is 0.0713. The molecule has 144 valence electrons. The zero-order valence-electron chi connectivity index (χ0n) is 16.2. The molecular formula is C22H27ClN2O2. The smallest absolute Gasteiger partial charge is 0.410 e. The van der Waals surface area contributed by atoms with Crippen LogP contribution in [0.2, 0.25) is 5.15 Å². The van der Waals surface area contributed by atoms with Gasteiger partial charge < -0.3 is 9.64 Å². The van der Waals surface area contributed by atoms with Crippen molar-refractivity contribution in [3.8, 4) is 0 Å². The number of ether oxygens (including phenoxy) is 1. The van der Waals surface area contributed by atoms with Crippen LogP contribution in [0.4, 0.5) is 4.79 Å². The third-order valence-corrected chi connectivity index (χ3v) is 4.93. The Kier molecular flexibility index (Phi) is 6.05. The summed E-state index contributed by atoms with van der Waals surface area (Å²) in [6, 6.07) is 14.2. The molecule has 0 saturated carbocycles. The lowest BCUT2D eigenvalue weighted by Gasteiger charge is -2.37. The topological polar surface area (TPSA) is 42.4 Å². The van der Waals surface area contributed by atoms with Gasteiger partial charge in [0.25, 0.3) is 0 Å². The van der Waals surface area contributed by atoms with Crippen molar-refractivity contribution in [2.24, 2.45) is 0 Å². The summed E-state index contributed by atoms with van der Waals surface area (Å²) in [4.78, 5) is 19.1. The summed E-state index contributed by atoms with van der Waals surface area (Å²) in [6.45, 7) is 6.21. The highest BCUT2D eigenvalue weighted by Crippen LogP contribution is 2.28. The highest BCUT2D eigenvalue weighted by atomic mass is 35.5. The molecule has 0 bridgehead atoms. The van der Waals surface area contributed by atoms with Gasteiger partial charge >= 0.3 is 6.09 Å². The van der Waals surface area contributed by atoms with Gasteiger partial charge in [-0.3, -0.25) is 0 Å². The van der Waals surface area contributed by atoms with Gasteiger partial charge in [0.1, 0.15) is 10.8 Å². The second-order valence-corrected chi connectivity index (χ2v) is 8.47. The number of halogens is 1. The van der Waals surface area contributed by atoms with Gasteiger partial charge in [-0.1, -0.05) is 48.0 Å². The first kappa shape index (κ1) is 19.7. The third kappa shape index (κ3) is 5.46. The van der Waals surface area contributed by atoms with Gasteiger partial charge in [0.15, 0.2) is 0 Å². The van der Waals surface area contributed by atoms with Crippen molar-refractivity contribution in [3.05, 3.63) is 64.4 Å². The van der Waals surface area contributed by atoms with Gasteiger partial charge in [-0.05, 0) is 57.2 Å². The number of nitrogens with zero attached hydrogens (tertiary/aromatic N) is 2. The van der Waals surface area contributed by atoms with E-state index in [0.29, 0.717) is 18.1 Å². The molecule has 2 aromatic rings. The molecule has 0 N–H and O–H groups in total. The fraction of sp³-hybridized carbons (Fsp3) is 0.455. The van der Waals surface area contributed by atoms with Gasteiger partial charge in [0, 0.05) is 18.2 Å². The maximum Gasteiger partial charge on any atom is 0.410 e. The summed E-state index contributed by atoms with van der Waals surface area (Å²) in [5.41, 5.74) is 2.85. The third-order valence-electron chi connectivity index (χ3n) is 4.72.